The molecule has 0 spiro atoms. The highest BCUT2D eigenvalue weighted by Crippen LogP contribution is 2.23. The zero-order chi connectivity index (χ0) is 18.4. The van der Waals surface area contributed by atoms with Crippen LogP contribution in [-0.2, 0) is 9.59 Å². The molecule has 2 aromatic carbocycles. The van der Waals surface area contributed by atoms with Crippen LogP contribution >= 0.6 is 11.6 Å². The number of rotatable bonds is 6. The second-order valence-corrected chi connectivity index (χ2v) is 6.07. The number of Topliss-reactive ketones (excluding diaryl/α,β-unsaturated/α-hetero) is 1. The van der Waals surface area contributed by atoms with Gasteiger partial charge in [-0.1, -0.05) is 17.7 Å². The molecule has 2 amide bonds. The zero-order valence-electron chi connectivity index (χ0n) is 14.1. The van der Waals surface area contributed by atoms with Gasteiger partial charge in [-0.3, -0.25) is 14.4 Å². The summed E-state index contributed by atoms with van der Waals surface area (Å²) in [6.07, 6.45) is 0.184. The Hall–Kier alpha value is -2.66. The molecule has 130 valence electrons. The van der Waals surface area contributed by atoms with Crippen LogP contribution in [0.25, 0.3) is 0 Å². The van der Waals surface area contributed by atoms with Crippen molar-refractivity contribution in [2.24, 2.45) is 0 Å². The van der Waals surface area contributed by atoms with E-state index in [1.165, 1.54) is 6.92 Å². The van der Waals surface area contributed by atoms with Gasteiger partial charge in [0, 0.05) is 41.7 Å². The molecule has 2 rings (SSSR count). The molecule has 2 N–H and O–H groups in total. The molecule has 0 saturated carbocycles. The van der Waals surface area contributed by atoms with E-state index in [9.17, 15) is 14.4 Å². The summed E-state index contributed by atoms with van der Waals surface area (Å²) >= 11 is 5.79. The number of halogens is 1. The predicted molar refractivity (Wildman–Crippen MR) is 99.1 cm³/mol. The molecular formula is C19H19ClN2O3. The van der Waals surface area contributed by atoms with Gasteiger partial charge in [-0.15, -0.1) is 0 Å². The normalized spacial score (nSPS) is 10.2. The van der Waals surface area contributed by atoms with Gasteiger partial charge in [0.2, 0.25) is 11.8 Å². The van der Waals surface area contributed by atoms with E-state index in [4.69, 9.17) is 11.6 Å². The molecule has 0 atom stereocenters. The van der Waals surface area contributed by atoms with Crippen molar-refractivity contribution in [3.63, 3.8) is 0 Å². The van der Waals surface area contributed by atoms with Crippen LogP contribution in [0.5, 0.6) is 0 Å². The van der Waals surface area contributed by atoms with Gasteiger partial charge in [0.25, 0.3) is 0 Å². The van der Waals surface area contributed by atoms with Gasteiger partial charge in [-0.2, -0.15) is 0 Å². The second kappa shape index (κ2) is 8.44. The fourth-order valence-electron chi connectivity index (χ4n) is 2.32. The molecule has 0 aliphatic heterocycles. The predicted octanol–water partition coefficient (Wildman–Crippen LogP) is 4.21. The number of hydrogen-bond donors (Lipinski definition) is 2. The maximum Gasteiger partial charge on any atom is 0.224 e. The molecule has 0 aromatic heterocycles. The minimum absolute atomic E-state index is 0.0747. The summed E-state index contributed by atoms with van der Waals surface area (Å²) in [6.45, 7) is 3.23. The molecule has 0 aliphatic rings. The largest absolute Gasteiger partial charge is 0.326 e. The van der Waals surface area contributed by atoms with E-state index < -0.39 is 0 Å². The van der Waals surface area contributed by atoms with Gasteiger partial charge in [0.15, 0.2) is 5.78 Å². The Kier molecular flexibility index (Phi) is 6.31. The molecule has 0 radical (unpaired) electrons. The van der Waals surface area contributed by atoms with Crippen LogP contribution in [0.4, 0.5) is 11.4 Å². The Labute approximate surface area is 151 Å². The Balaban J connectivity index is 1.95. The summed E-state index contributed by atoms with van der Waals surface area (Å²) in [7, 11) is 0. The van der Waals surface area contributed by atoms with E-state index in [2.05, 4.69) is 10.6 Å². The number of hydrogen-bond acceptors (Lipinski definition) is 3. The fraction of sp³-hybridized carbons (Fsp3) is 0.211. The lowest BCUT2D eigenvalue weighted by molar-refractivity contribution is -0.116. The maximum atomic E-state index is 12.1. The molecule has 25 heavy (non-hydrogen) atoms. The molecule has 0 saturated heterocycles. The molecule has 0 bridgehead atoms. The Morgan fingerprint density at radius 3 is 2.12 bits per heavy atom. The molecule has 6 heteroatoms. The summed E-state index contributed by atoms with van der Waals surface area (Å²) < 4.78 is 0. The van der Waals surface area contributed by atoms with Crippen molar-refractivity contribution >= 4 is 40.6 Å². The third kappa shape index (κ3) is 5.43. The Bertz CT molecular complexity index is 801. The van der Waals surface area contributed by atoms with Crippen LogP contribution in [0.15, 0.2) is 42.5 Å². The number of carbonyl (C=O) groups is 3. The van der Waals surface area contributed by atoms with Crippen LogP contribution in [0.3, 0.4) is 0 Å². The number of carbonyl (C=O) groups excluding carboxylic acids is 3. The van der Waals surface area contributed by atoms with Crippen LogP contribution in [0.1, 0.15) is 35.7 Å². The van der Waals surface area contributed by atoms with Crippen molar-refractivity contribution in [2.75, 3.05) is 10.6 Å². The highest BCUT2D eigenvalue weighted by atomic mass is 35.5. The average Bonchev–Trinajstić information content (AvgIpc) is 2.56. The Morgan fingerprint density at radius 1 is 0.920 bits per heavy atom. The van der Waals surface area contributed by atoms with E-state index >= 15 is 0 Å². The lowest BCUT2D eigenvalue weighted by Gasteiger charge is -2.12. The number of benzene rings is 2. The van der Waals surface area contributed by atoms with E-state index in [1.54, 1.807) is 49.4 Å². The first kappa shape index (κ1) is 18.7. The van der Waals surface area contributed by atoms with Gasteiger partial charge in [-0.05, 0) is 48.9 Å². The number of anilines is 2. The van der Waals surface area contributed by atoms with E-state index in [0.29, 0.717) is 22.0 Å². The topological polar surface area (TPSA) is 75.3 Å². The SMILES string of the molecule is CC(=O)Nc1cccc(NC(=O)CCC(=O)c2ccc(Cl)cc2)c1C. The van der Waals surface area contributed by atoms with Crippen molar-refractivity contribution < 1.29 is 14.4 Å². The van der Waals surface area contributed by atoms with Crippen molar-refractivity contribution in [2.45, 2.75) is 26.7 Å². The highest BCUT2D eigenvalue weighted by molar-refractivity contribution is 6.30. The van der Waals surface area contributed by atoms with Gasteiger partial charge >= 0.3 is 0 Å². The lowest BCUT2D eigenvalue weighted by atomic mass is 10.1. The van der Waals surface area contributed by atoms with Gasteiger partial charge in [-0.25, -0.2) is 0 Å². The number of ketones is 1. The minimum atomic E-state index is -0.259. The summed E-state index contributed by atoms with van der Waals surface area (Å²) in [5.41, 5.74) is 2.54. The van der Waals surface area contributed by atoms with Crippen LogP contribution < -0.4 is 10.6 Å². The van der Waals surface area contributed by atoms with Crippen molar-refractivity contribution in [1.82, 2.24) is 0 Å². The molecular weight excluding hydrogens is 340 g/mol. The van der Waals surface area contributed by atoms with Crippen LogP contribution in [0, 0.1) is 6.92 Å². The summed E-state index contributed by atoms with van der Waals surface area (Å²) in [4.78, 5) is 35.4. The van der Waals surface area contributed by atoms with E-state index in [0.717, 1.165) is 5.56 Å². The quantitative estimate of drug-likeness (QED) is 0.759. The fourth-order valence-corrected chi connectivity index (χ4v) is 2.44. The minimum Gasteiger partial charge on any atom is -0.326 e. The molecule has 0 unspecified atom stereocenters. The first-order valence-electron chi connectivity index (χ1n) is 7.82. The number of nitrogens with one attached hydrogen (secondary N) is 2. The summed E-state index contributed by atoms with van der Waals surface area (Å²) in [5, 5.41) is 6.04. The summed E-state index contributed by atoms with van der Waals surface area (Å²) in [6, 6.07) is 11.8. The van der Waals surface area contributed by atoms with Gasteiger partial charge in [0.1, 0.15) is 0 Å². The highest BCUT2D eigenvalue weighted by Gasteiger charge is 2.12. The van der Waals surface area contributed by atoms with E-state index in [-0.39, 0.29) is 30.4 Å². The molecule has 5 nitrogen and oxygen atoms in total. The molecule has 0 fully saturated rings. The summed E-state index contributed by atoms with van der Waals surface area (Å²) in [5.74, 6) is -0.555. The first-order valence-corrected chi connectivity index (χ1v) is 8.20. The smallest absolute Gasteiger partial charge is 0.224 e. The van der Waals surface area contributed by atoms with E-state index in [1.807, 2.05) is 0 Å². The third-order valence-corrected chi connectivity index (χ3v) is 3.92. The zero-order valence-corrected chi connectivity index (χ0v) is 14.8. The van der Waals surface area contributed by atoms with Crippen molar-refractivity contribution in [3.8, 4) is 0 Å². The Morgan fingerprint density at radius 2 is 1.52 bits per heavy atom. The van der Waals surface area contributed by atoms with Crippen LogP contribution in [-0.4, -0.2) is 17.6 Å². The average molecular weight is 359 g/mol. The van der Waals surface area contributed by atoms with Crippen molar-refractivity contribution in [3.05, 3.63) is 58.6 Å². The lowest BCUT2D eigenvalue weighted by Crippen LogP contribution is -2.15. The van der Waals surface area contributed by atoms with Crippen LogP contribution in [0.2, 0.25) is 5.02 Å². The number of amides is 2. The monoisotopic (exact) mass is 358 g/mol. The van der Waals surface area contributed by atoms with Gasteiger partial charge in [0.05, 0.1) is 0 Å². The third-order valence-electron chi connectivity index (χ3n) is 3.66. The molecule has 0 heterocycles. The molecule has 0 aliphatic carbocycles. The first-order chi connectivity index (χ1) is 11.9. The maximum absolute atomic E-state index is 12.1. The van der Waals surface area contributed by atoms with Gasteiger partial charge < -0.3 is 10.6 Å². The standard InChI is InChI=1S/C19H19ClN2O3/c1-12-16(21-13(2)23)4-3-5-17(12)22-19(25)11-10-18(24)14-6-8-15(20)9-7-14/h3-9H,10-11H2,1-2H3,(H,21,23)(H,22,25). The van der Waals surface area contributed by atoms with Crippen molar-refractivity contribution in [1.29, 1.82) is 0 Å². The molecule has 2 aromatic rings. The second-order valence-electron chi connectivity index (χ2n) is 5.64.